The average molecular weight is 296 g/mol. The highest BCUT2D eigenvalue weighted by Crippen LogP contribution is 2.37. The highest BCUT2D eigenvalue weighted by atomic mass is 32.2. The molecule has 3 rings (SSSR count). The fourth-order valence-electron chi connectivity index (χ4n) is 4.91. The maximum atomic E-state index is 1.65. The molecule has 0 unspecified atom stereocenters. The van der Waals surface area contributed by atoms with Gasteiger partial charge in [0.15, 0.2) is 0 Å². The van der Waals surface area contributed by atoms with E-state index in [-0.39, 0.29) is 0 Å². The van der Waals surface area contributed by atoms with Crippen molar-refractivity contribution in [2.75, 3.05) is 5.75 Å². The zero-order valence-electron chi connectivity index (χ0n) is 13.5. The molecule has 0 saturated heterocycles. The lowest BCUT2D eigenvalue weighted by Gasteiger charge is -2.33. The number of hydrogen-bond donors (Lipinski definition) is 0. The molecule has 0 atom stereocenters. The molecule has 0 nitrogen and oxygen atoms in total. The van der Waals surface area contributed by atoms with E-state index < -0.39 is 0 Å². The molecule has 0 aromatic heterocycles. The van der Waals surface area contributed by atoms with E-state index in [4.69, 9.17) is 0 Å². The van der Waals surface area contributed by atoms with Gasteiger partial charge in [-0.15, -0.1) is 0 Å². The molecule has 3 saturated carbocycles. The quantitative estimate of drug-likeness (QED) is 0.571. The molecular weight excluding hydrogens is 260 g/mol. The summed E-state index contributed by atoms with van der Waals surface area (Å²) in [6, 6.07) is 0. The summed E-state index contributed by atoms with van der Waals surface area (Å²) in [6.45, 7) is 0. The van der Waals surface area contributed by atoms with Crippen LogP contribution in [0.5, 0.6) is 0 Å². The molecule has 3 fully saturated rings. The van der Waals surface area contributed by atoms with Crippen LogP contribution >= 0.6 is 0 Å². The van der Waals surface area contributed by atoms with E-state index in [1.54, 1.807) is 70.0 Å². The van der Waals surface area contributed by atoms with Gasteiger partial charge in [-0.05, 0) is 75.1 Å². The predicted octanol–water partition coefficient (Wildman–Crippen LogP) is 5.85. The molecule has 3 aliphatic rings. The van der Waals surface area contributed by atoms with E-state index in [0.29, 0.717) is 0 Å². The lowest BCUT2D eigenvalue weighted by molar-refractivity contribution is 0.386. The smallest absolute Gasteiger partial charge is 0.0533 e. The lowest BCUT2D eigenvalue weighted by Crippen LogP contribution is -2.39. The molecule has 0 N–H and O–H groups in total. The van der Waals surface area contributed by atoms with E-state index in [9.17, 15) is 0 Å². The fraction of sp³-hybridized carbons (Fsp3) is 1.00. The van der Waals surface area contributed by atoms with Crippen molar-refractivity contribution >= 4 is 10.9 Å². The van der Waals surface area contributed by atoms with Crippen molar-refractivity contribution in [3.05, 3.63) is 0 Å². The van der Waals surface area contributed by atoms with Crippen molar-refractivity contribution in [3.8, 4) is 0 Å². The molecule has 0 spiro atoms. The van der Waals surface area contributed by atoms with E-state index in [1.165, 1.54) is 32.1 Å². The standard InChI is InChI=1S/C19H35S/c1-4-10-17(11-5-1)16-20(18-12-6-2-7-13-18)19-14-8-3-9-15-19/h17-19H,1-16H2/q+1. The van der Waals surface area contributed by atoms with E-state index >= 15 is 0 Å². The molecule has 0 bridgehead atoms. The zero-order chi connectivity index (χ0) is 13.6. The van der Waals surface area contributed by atoms with Gasteiger partial charge in [-0.3, -0.25) is 0 Å². The summed E-state index contributed by atoms with van der Waals surface area (Å²) < 4.78 is 0. The Morgan fingerprint density at radius 1 is 0.500 bits per heavy atom. The molecule has 116 valence electrons. The minimum atomic E-state index is 0.805. The highest BCUT2D eigenvalue weighted by Gasteiger charge is 2.40. The van der Waals surface area contributed by atoms with Gasteiger partial charge in [0, 0.05) is 5.92 Å². The largest absolute Gasteiger partial charge is 0.118 e. The number of hydrogen-bond acceptors (Lipinski definition) is 0. The van der Waals surface area contributed by atoms with E-state index in [0.717, 1.165) is 27.3 Å². The van der Waals surface area contributed by atoms with Gasteiger partial charge in [0.05, 0.1) is 0 Å². The second kappa shape index (κ2) is 8.11. The van der Waals surface area contributed by atoms with Gasteiger partial charge in [0.1, 0.15) is 16.3 Å². The minimum absolute atomic E-state index is 0.805. The molecule has 0 heterocycles. The Labute approximate surface area is 129 Å². The van der Waals surface area contributed by atoms with Crippen molar-refractivity contribution in [3.63, 3.8) is 0 Å². The van der Waals surface area contributed by atoms with Crippen LogP contribution in [0.2, 0.25) is 0 Å². The average Bonchev–Trinajstić information content (AvgIpc) is 2.55. The van der Waals surface area contributed by atoms with Crippen molar-refractivity contribution < 1.29 is 0 Å². The van der Waals surface area contributed by atoms with Gasteiger partial charge < -0.3 is 0 Å². The van der Waals surface area contributed by atoms with Crippen molar-refractivity contribution in [1.29, 1.82) is 0 Å². The molecule has 0 aromatic rings. The van der Waals surface area contributed by atoms with Gasteiger partial charge in [-0.2, -0.15) is 0 Å². The van der Waals surface area contributed by atoms with Crippen LogP contribution in [-0.2, 0) is 10.9 Å². The second-order valence-electron chi connectivity index (χ2n) is 7.66. The van der Waals surface area contributed by atoms with Crippen LogP contribution < -0.4 is 0 Å². The van der Waals surface area contributed by atoms with Gasteiger partial charge >= 0.3 is 0 Å². The van der Waals surface area contributed by atoms with Crippen molar-refractivity contribution in [1.82, 2.24) is 0 Å². The van der Waals surface area contributed by atoms with Gasteiger partial charge in [-0.25, -0.2) is 0 Å². The summed E-state index contributed by atoms with van der Waals surface area (Å²) in [5.74, 6) is 2.77. The van der Waals surface area contributed by atoms with Crippen LogP contribution in [-0.4, -0.2) is 16.3 Å². The topological polar surface area (TPSA) is 0 Å². The monoisotopic (exact) mass is 295 g/mol. The Morgan fingerprint density at radius 2 is 0.900 bits per heavy atom. The van der Waals surface area contributed by atoms with Crippen LogP contribution in [0.4, 0.5) is 0 Å². The molecule has 20 heavy (non-hydrogen) atoms. The lowest BCUT2D eigenvalue weighted by atomic mass is 9.91. The fourth-order valence-corrected chi connectivity index (χ4v) is 8.75. The van der Waals surface area contributed by atoms with Crippen LogP contribution in [0.3, 0.4) is 0 Å². The molecule has 1 heteroatoms. The summed E-state index contributed by atoms with van der Waals surface area (Å²) in [5, 5.41) is 2.29. The molecule has 3 aliphatic carbocycles. The maximum absolute atomic E-state index is 1.65. The first-order chi connectivity index (χ1) is 9.93. The van der Waals surface area contributed by atoms with Crippen LogP contribution in [0.1, 0.15) is 96.3 Å². The third-order valence-electron chi connectivity index (χ3n) is 6.11. The normalized spacial score (nSPS) is 28.1. The highest BCUT2D eigenvalue weighted by molar-refractivity contribution is 7.98. The van der Waals surface area contributed by atoms with Crippen LogP contribution in [0.15, 0.2) is 0 Å². The first-order valence-corrected chi connectivity index (χ1v) is 11.1. The SMILES string of the molecule is C1CCC(C[S+](C2CCCCC2)C2CCCCC2)CC1. The van der Waals surface area contributed by atoms with Crippen molar-refractivity contribution in [2.24, 2.45) is 5.92 Å². The summed E-state index contributed by atoms with van der Waals surface area (Å²) in [7, 11) is 0.805. The molecule has 0 aromatic carbocycles. The summed E-state index contributed by atoms with van der Waals surface area (Å²) in [4.78, 5) is 0. The summed E-state index contributed by atoms with van der Waals surface area (Å²) in [5.41, 5.74) is 0. The first kappa shape index (κ1) is 15.3. The van der Waals surface area contributed by atoms with E-state index in [1.807, 2.05) is 0 Å². The third-order valence-corrected chi connectivity index (χ3v) is 9.63. The Hall–Kier alpha value is 0.350. The summed E-state index contributed by atoms with van der Waals surface area (Å²) >= 11 is 0. The Kier molecular flexibility index (Phi) is 6.18. The Bertz CT molecular complexity index is 239. The van der Waals surface area contributed by atoms with E-state index in [2.05, 4.69) is 0 Å². The first-order valence-electron chi connectivity index (χ1n) is 9.62. The minimum Gasteiger partial charge on any atom is -0.0533 e. The zero-order valence-corrected chi connectivity index (χ0v) is 14.3. The predicted molar refractivity (Wildman–Crippen MR) is 92.6 cm³/mol. The number of rotatable bonds is 4. The molecule has 0 radical (unpaired) electrons. The Balaban J connectivity index is 1.61. The Morgan fingerprint density at radius 3 is 1.35 bits per heavy atom. The van der Waals surface area contributed by atoms with Crippen LogP contribution in [0, 0.1) is 5.92 Å². The third kappa shape index (κ3) is 4.18. The van der Waals surface area contributed by atoms with Gasteiger partial charge in [0.2, 0.25) is 0 Å². The molecule has 0 amide bonds. The van der Waals surface area contributed by atoms with Gasteiger partial charge in [0.25, 0.3) is 0 Å². The second-order valence-corrected chi connectivity index (χ2v) is 10.3. The molecular formula is C19H35S+. The van der Waals surface area contributed by atoms with Gasteiger partial charge in [-0.1, -0.05) is 32.1 Å². The van der Waals surface area contributed by atoms with Crippen LogP contribution in [0.25, 0.3) is 0 Å². The summed E-state index contributed by atoms with van der Waals surface area (Å²) in [6.07, 6.45) is 23.4. The molecule has 0 aliphatic heterocycles. The maximum Gasteiger partial charge on any atom is 0.118 e. The van der Waals surface area contributed by atoms with Crippen molar-refractivity contribution in [2.45, 2.75) is 107 Å².